The molecule has 0 bridgehead atoms. The first kappa shape index (κ1) is 10.0. The van der Waals surface area contributed by atoms with Crippen LogP contribution < -0.4 is 0 Å². The second-order valence-electron chi connectivity index (χ2n) is 3.28. The maximum absolute atomic E-state index is 10.3. The molecule has 0 aromatic heterocycles. The van der Waals surface area contributed by atoms with Crippen molar-refractivity contribution >= 4 is 17.6 Å². The fourth-order valence-electron chi connectivity index (χ4n) is 1.58. The molecule has 1 rings (SSSR count). The molecule has 0 radical (unpaired) electrons. The lowest BCUT2D eigenvalue weighted by Gasteiger charge is -2.37. The molecule has 1 unspecified atom stereocenters. The van der Waals surface area contributed by atoms with Crippen LogP contribution in [0.5, 0.6) is 0 Å². The highest BCUT2D eigenvalue weighted by Crippen LogP contribution is 2.23. The molecular weight excluding hydrogens is 172 g/mol. The quantitative estimate of drug-likeness (QED) is 0.490. The van der Waals surface area contributed by atoms with Gasteiger partial charge in [0.15, 0.2) is 5.62 Å². The van der Waals surface area contributed by atoms with Crippen LogP contribution in [0.4, 0.5) is 0 Å². The van der Waals surface area contributed by atoms with Crippen LogP contribution in [-0.4, -0.2) is 41.6 Å². The summed E-state index contributed by atoms with van der Waals surface area (Å²) in [4.78, 5) is 12.5. The van der Waals surface area contributed by atoms with Gasteiger partial charge in [0.25, 0.3) is 0 Å². The zero-order valence-electron chi connectivity index (χ0n) is 7.69. The predicted molar refractivity (Wildman–Crippen MR) is 52.4 cm³/mol. The minimum Gasteiger partial charge on any atom is -0.293 e. The molecule has 0 N–H and O–H groups in total. The van der Waals surface area contributed by atoms with Crippen molar-refractivity contribution in [3.8, 4) is 0 Å². The third-order valence-corrected chi connectivity index (χ3v) is 2.98. The zero-order chi connectivity index (χ0) is 8.97. The Kier molecular flexibility index (Phi) is 4.05. The van der Waals surface area contributed by atoms with Crippen molar-refractivity contribution < 1.29 is 4.79 Å². The molecule has 0 aliphatic carbocycles. The Morgan fingerprint density at radius 2 is 2.25 bits per heavy atom. The summed E-state index contributed by atoms with van der Waals surface area (Å²) in [5.74, 6) is 0. The van der Waals surface area contributed by atoms with Crippen molar-refractivity contribution in [1.29, 1.82) is 0 Å². The third kappa shape index (κ3) is 2.47. The van der Waals surface area contributed by atoms with Crippen molar-refractivity contribution in [2.45, 2.75) is 25.4 Å². The summed E-state index contributed by atoms with van der Waals surface area (Å²) < 4.78 is 2.16. The largest absolute Gasteiger partial charge is 0.293 e. The van der Waals surface area contributed by atoms with Crippen LogP contribution in [0.15, 0.2) is 0 Å². The van der Waals surface area contributed by atoms with Gasteiger partial charge >= 0.3 is 0 Å². The molecule has 0 amide bonds. The van der Waals surface area contributed by atoms with Crippen LogP contribution in [0.1, 0.15) is 19.3 Å². The summed E-state index contributed by atoms with van der Waals surface area (Å²) in [6, 6.07) is 0. The second-order valence-corrected chi connectivity index (χ2v) is 4.15. The van der Waals surface area contributed by atoms with Gasteiger partial charge in [0, 0.05) is 6.54 Å². The van der Waals surface area contributed by atoms with Crippen LogP contribution in [0, 0.1) is 0 Å². The van der Waals surface area contributed by atoms with Gasteiger partial charge in [-0.15, -0.1) is 0 Å². The lowest BCUT2D eigenvalue weighted by atomic mass is 10.1. The number of nitrogens with zero attached hydrogens (tertiary/aromatic N) is 2. The highest BCUT2D eigenvalue weighted by atomic mass is 32.2. The first-order valence-electron chi connectivity index (χ1n) is 4.29. The Labute approximate surface area is 78.2 Å². The number of carbonyl (C=O) groups excluding carboxylic acids is 1. The van der Waals surface area contributed by atoms with Crippen molar-refractivity contribution in [2.24, 2.45) is 0 Å². The van der Waals surface area contributed by atoms with Crippen molar-refractivity contribution in [2.75, 3.05) is 20.6 Å². The van der Waals surface area contributed by atoms with E-state index in [1.165, 1.54) is 31.2 Å². The number of hydrogen-bond acceptors (Lipinski definition) is 4. The Hall–Kier alpha value is -0.0600. The maximum Gasteiger partial charge on any atom is 0.191 e. The van der Waals surface area contributed by atoms with E-state index in [0.717, 1.165) is 12.2 Å². The summed E-state index contributed by atoms with van der Waals surface area (Å²) >= 11 is 1.30. The number of piperidine rings is 1. The molecule has 0 aromatic carbocycles. The van der Waals surface area contributed by atoms with Gasteiger partial charge in [-0.2, -0.15) is 0 Å². The van der Waals surface area contributed by atoms with Gasteiger partial charge < -0.3 is 0 Å². The SMILES string of the molecule is CN(C)C1CCCCN1SC=O. The zero-order valence-corrected chi connectivity index (χ0v) is 8.51. The highest BCUT2D eigenvalue weighted by Gasteiger charge is 2.23. The van der Waals surface area contributed by atoms with Crippen molar-refractivity contribution in [3.63, 3.8) is 0 Å². The molecule has 1 aliphatic heterocycles. The normalized spacial score (nSPS) is 26.1. The molecule has 1 aliphatic rings. The van der Waals surface area contributed by atoms with Crippen LogP contribution in [0.25, 0.3) is 0 Å². The van der Waals surface area contributed by atoms with Gasteiger partial charge in [-0.3, -0.25) is 9.69 Å². The number of rotatable bonds is 3. The molecule has 0 spiro atoms. The van der Waals surface area contributed by atoms with Gasteiger partial charge in [-0.05, 0) is 45.3 Å². The molecule has 0 aromatic rings. The summed E-state index contributed by atoms with van der Waals surface area (Å²) in [5, 5.41) is 0. The lowest BCUT2D eigenvalue weighted by Crippen LogP contribution is -2.44. The van der Waals surface area contributed by atoms with Crippen LogP contribution in [0.3, 0.4) is 0 Å². The summed E-state index contributed by atoms with van der Waals surface area (Å²) in [6.07, 6.45) is 4.10. The van der Waals surface area contributed by atoms with E-state index >= 15 is 0 Å². The molecular formula is C8H16N2OS. The molecule has 1 atom stereocenters. The van der Waals surface area contributed by atoms with E-state index in [9.17, 15) is 4.79 Å². The molecule has 3 nitrogen and oxygen atoms in total. The Bertz CT molecular complexity index is 152. The van der Waals surface area contributed by atoms with Gasteiger partial charge in [0.05, 0.1) is 6.17 Å². The minimum atomic E-state index is 0.439. The maximum atomic E-state index is 10.3. The Morgan fingerprint density at radius 3 is 2.83 bits per heavy atom. The smallest absolute Gasteiger partial charge is 0.191 e. The summed E-state index contributed by atoms with van der Waals surface area (Å²) in [5.41, 5.74) is 0.918. The minimum absolute atomic E-state index is 0.439. The van der Waals surface area contributed by atoms with Gasteiger partial charge in [0.1, 0.15) is 0 Å². The second kappa shape index (κ2) is 4.84. The molecule has 0 saturated carbocycles. The molecule has 1 heterocycles. The molecule has 70 valence electrons. The van der Waals surface area contributed by atoms with Crippen molar-refractivity contribution in [1.82, 2.24) is 9.21 Å². The van der Waals surface area contributed by atoms with Crippen LogP contribution >= 0.6 is 11.9 Å². The molecule has 1 saturated heterocycles. The molecule has 4 heteroatoms. The average Bonchev–Trinajstić information content (AvgIpc) is 2.05. The van der Waals surface area contributed by atoms with E-state index in [0.29, 0.717) is 6.17 Å². The fraction of sp³-hybridized carbons (Fsp3) is 0.875. The number of carbonyl (C=O) groups is 1. The van der Waals surface area contributed by atoms with Crippen LogP contribution in [-0.2, 0) is 4.79 Å². The average molecular weight is 188 g/mol. The van der Waals surface area contributed by atoms with E-state index in [1.54, 1.807) is 0 Å². The molecule has 12 heavy (non-hydrogen) atoms. The van der Waals surface area contributed by atoms with Crippen molar-refractivity contribution in [3.05, 3.63) is 0 Å². The third-order valence-electron chi connectivity index (χ3n) is 2.20. The lowest BCUT2D eigenvalue weighted by molar-refractivity contribution is 0.126. The van der Waals surface area contributed by atoms with Gasteiger partial charge in [-0.25, -0.2) is 4.31 Å². The Balaban J connectivity index is 2.47. The van der Waals surface area contributed by atoms with E-state index in [2.05, 4.69) is 23.3 Å². The first-order valence-corrected chi connectivity index (χ1v) is 5.13. The summed E-state index contributed by atoms with van der Waals surface area (Å²) in [6.45, 7) is 1.03. The Morgan fingerprint density at radius 1 is 1.50 bits per heavy atom. The van der Waals surface area contributed by atoms with Crippen LogP contribution in [0.2, 0.25) is 0 Å². The standard InChI is InChI=1S/C8H16N2OS/c1-9(2)8-5-3-4-6-10(8)12-7-11/h7-8H,3-6H2,1-2H3. The number of hydrogen-bond donors (Lipinski definition) is 0. The van der Waals surface area contributed by atoms with E-state index in [1.807, 2.05) is 0 Å². The monoisotopic (exact) mass is 188 g/mol. The van der Waals surface area contributed by atoms with Gasteiger partial charge in [0.2, 0.25) is 0 Å². The first-order chi connectivity index (χ1) is 5.75. The van der Waals surface area contributed by atoms with Gasteiger partial charge in [-0.1, -0.05) is 0 Å². The molecule has 1 fully saturated rings. The summed E-state index contributed by atoms with van der Waals surface area (Å²) in [7, 11) is 4.13. The fourth-order valence-corrected chi connectivity index (χ4v) is 2.36. The van der Waals surface area contributed by atoms with E-state index in [4.69, 9.17) is 0 Å². The highest BCUT2D eigenvalue weighted by molar-refractivity contribution is 8.09. The predicted octanol–water partition coefficient (Wildman–Crippen LogP) is 1.20. The van der Waals surface area contributed by atoms with E-state index in [-0.39, 0.29) is 0 Å². The van der Waals surface area contributed by atoms with E-state index < -0.39 is 0 Å². The topological polar surface area (TPSA) is 23.6 Å².